The van der Waals surface area contributed by atoms with Crippen LogP contribution in [-0.2, 0) is 26.2 Å². The van der Waals surface area contributed by atoms with Crippen LogP contribution in [0.3, 0.4) is 0 Å². The quantitative estimate of drug-likeness (QED) is 0.474. The lowest BCUT2D eigenvalue weighted by Crippen LogP contribution is -2.53. The second kappa shape index (κ2) is 12.4. The fourth-order valence-corrected chi connectivity index (χ4v) is 4.77. The zero-order valence-corrected chi connectivity index (χ0v) is 22.3. The molecule has 2 rings (SSSR count). The molecule has 0 radical (unpaired) electrons. The number of halogens is 2. The standard InChI is InChI=1S/C25H33ClFN3O4S/c1-6-18(4)28-25(32)22(7-2)29(15-19-8-11-21(27)12-9-19)24(31)16-30(35(5,33)34)23-13-10-20(26)14-17(23)3/h8-14,18,22H,6-7,15-16H2,1-5H3,(H,28,32)/t18-,22+/m1/s1. The normalized spacial score (nSPS) is 13.1. The maximum atomic E-state index is 13.6. The number of carbonyl (C=O) groups excluding carboxylic acids is 2. The molecule has 0 unspecified atom stereocenters. The Morgan fingerprint density at radius 3 is 2.23 bits per heavy atom. The summed E-state index contributed by atoms with van der Waals surface area (Å²) < 4.78 is 39.8. The summed E-state index contributed by atoms with van der Waals surface area (Å²) in [5.74, 6) is -1.30. The molecular formula is C25H33ClFN3O4S. The van der Waals surface area contributed by atoms with E-state index in [1.54, 1.807) is 32.0 Å². The Bertz CT molecular complexity index is 1140. The molecule has 0 aliphatic carbocycles. The first kappa shape index (κ1) is 28.6. The average molecular weight is 526 g/mol. The molecule has 7 nitrogen and oxygen atoms in total. The van der Waals surface area contributed by atoms with Gasteiger partial charge in [0.25, 0.3) is 0 Å². The number of rotatable bonds is 11. The molecule has 2 aromatic rings. The largest absolute Gasteiger partial charge is 0.352 e. The number of anilines is 1. The highest BCUT2D eigenvalue weighted by Crippen LogP contribution is 2.26. The highest BCUT2D eigenvalue weighted by atomic mass is 35.5. The van der Waals surface area contributed by atoms with Gasteiger partial charge in [-0.3, -0.25) is 13.9 Å². The van der Waals surface area contributed by atoms with Crippen LogP contribution in [0.15, 0.2) is 42.5 Å². The van der Waals surface area contributed by atoms with Crippen LogP contribution in [0.1, 0.15) is 44.7 Å². The lowest BCUT2D eigenvalue weighted by molar-refractivity contribution is -0.140. The van der Waals surface area contributed by atoms with Crippen molar-refractivity contribution >= 4 is 39.1 Å². The first-order chi connectivity index (χ1) is 16.4. The van der Waals surface area contributed by atoms with Crippen molar-refractivity contribution in [2.45, 2.75) is 59.2 Å². The molecule has 0 spiro atoms. The molecular weight excluding hydrogens is 493 g/mol. The zero-order chi connectivity index (χ0) is 26.3. The number of aryl methyl sites for hydroxylation is 1. The third-order valence-electron chi connectivity index (χ3n) is 5.76. The number of carbonyl (C=O) groups is 2. The van der Waals surface area contributed by atoms with Gasteiger partial charge in [0, 0.05) is 17.6 Å². The predicted molar refractivity (Wildman–Crippen MR) is 137 cm³/mol. The van der Waals surface area contributed by atoms with Crippen molar-refractivity contribution in [1.29, 1.82) is 0 Å². The Morgan fingerprint density at radius 2 is 1.71 bits per heavy atom. The SMILES string of the molecule is CC[C@@H](C)NC(=O)[C@H](CC)N(Cc1ccc(F)cc1)C(=O)CN(c1ccc(Cl)cc1C)S(C)(=O)=O. The van der Waals surface area contributed by atoms with Crippen molar-refractivity contribution in [2.24, 2.45) is 0 Å². The maximum Gasteiger partial charge on any atom is 0.244 e. The lowest BCUT2D eigenvalue weighted by Gasteiger charge is -2.33. The van der Waals surface area contributed by atoms with E-state index in [2.05, 4.69) is 5.32 Å². The second-order valence-corrected chi connectivity index (χ2v) is 10.9. The Hall–Kier alpha value is -2.65. The smallest absolute Gasteiger partial charge is 0.244 e. The fourth-order valence-electron chi connectivity index (χ4n) is 3.64. The van der Waals surface area contributed by atoms with Crippen LogP contribution >= 0.6 is 11.6 Å². The number of hydrogen-bond acceptors (Lipinski definition) is 4. The molecule has 0 heterocycles. The van der Waals surface area contributed by atoms with Crippen LogP contribution < -0.4 is 9.62 Å². The van der Waals surface area contributed by atoms with Crippen molar-refractivity contribution < 1.29 is 22.4 Å². The molecule has 0 fully saturated rings. The topological polar surface area (TPSA) is 86.8 Å². The summed E-state index contributed by atoms with van der Waals surface area (Å²) in [7, 11) is -3.84. The van der Waals surface area contributed by atoms with Gasteiger partial charge in [-0.1, -0.05) is 37.6 Å². The zero-order valence-electron chi connectivity index (χ0n) is 20.7. The molecule has 0 bridgehead atoms. The van der Waals surface area contributed by atoms with E-state index < -0.39 is 34.3 Å². The molecule has 0 saturated heterocycles. The van der Waals surface area contributed by atoms with Gasteiger partial charge in [-0.15, -0.1) is 0 Å². The first-order valence-corrected chi connectivity index (χ1v) is 13.7. The molecule has 1 N–H and O–H groups in total. The van der Waals surface area contributed by atoms with Crippen molar-refractivity contribution in [1.82, 2.24) is 10.2 Å². The van der Waals surface area contributed by atoms with E-state index in [4.69, 9.17) is 11.6 Å². The van der Waals surface area contributed by atoms with Gasteiger partial charge in [0.2, 0.25) is 21.8 Å². The third-order valence-corrected chi connectivity index (χ3v) is 7.12. The third kappa shape index (κ3) is 7.93. The summed E-state index contributed by atoms with van der Waals surface area (Å²) in [6.45, 7) is 6.80. The highest BCUT2D eigenvalue weighted by Gasteiger charge is 2.32. The number of nitrogens with one attached hydrogen (secondary N) is 1. The number of sulfonamides is 1. The van der Waals surface area contributed by atoms with Crippen molar-refractivity contribution in [2.75, 3.05) is 17.1 Å². The van der Waals surface area contributed by atoms with E-state index in [1.807, 2.05) is 13.8 Å². The van der Waals surface area contributed by atoms with Gasteiger partial charge in [0.1, 0.15) is 18.4 Å². The minimum absolute atomic E-state index is 0.0166. The number of benzene rings is 2. The Kier molecular flexibility index (Phi) is 10.1. The molecule has 0 aliphatic rings. The molecule has 2 atom stereocenters. The monoisotopic (exact) mass is 525 g/mol. The van der Waals surface area contributed by atoms with Crippen molar-refractivity contribution in [3.8, 4) is 0 Å². The van der Waals surface area contributed by atoms with Crippen LogP contribution in [0, 0.1) is 12.7 Å². The molecule has 10 heteroatoms. The summed E-state index contributed by atoms with van der Waals surface area (Å²) in [5.41, 5.74) is 1.52. The van der Waals surface area contributed by atoms with Crippen molar-refractivity contribution in [3.05, 3.63) is 64.4 Å². The minimum Gasteiger partial charge on any atom is -0.352 e. The summed E-state index contributed by atoms with van der Waals surface area (Å²) in [6.07, 6.45) is 2.05. The van der Waals surface area contributed by atoms with E-state index >= 15 is 0 Å². The summed E-state index contributed by atoms with van der Waals surface area (Å²) in [5, 5.41) is 3.34. The van der Waals surface area contributed by atoms with Crippen LogP contribution in [0.4, 0.5) is 10.1 Å². The van der Waals surface area contributed by atoms with E-state index in [-0.39, 0.29) is 18.5 Å². The first-order valence-electron chi connectivity index (χ1n) is 11.5. The number of hydrogen-bond donors (Lipinski definition) is 1. The Balaban J connectivity index is 2.46. The summed E-state index contributed by atoms with van der Waals surface area (Å²) in [6, 6.07) is 9.40. The van der Waals surface area contributed by atoms with Gasteiger partial charge < -0.3 is 10.2 Å². The molecule has 2 amide bonds. The van der Waals surface area contributed by atoms with Crippen LogP contribution in [0.2, 0.25) is 5.02 Å². The Morgan fingerprint density at radius 1 is 1.09 bits per heavy atom. The van der Waals surface area contributed by atoms with Gasteiger partial charge in [-0.05, 0) is 68.1 Å². The molecule has 0 aliphatic heterocycles. The van der Waals surface area contributed by atoms with Crippen LogP contribution in [-0.4, -0.2) is 50.0 Å². The predicted octanol–water partition coefficient (Wildman–Crippen LogP) is 4.28. The molecule has 0 aromatic heterocycles. The van der Waals surface area contributed by atoms with Gasteiger partial charge in [0.15, 0.2) is 0 Å². The molecule has 0 saturated carbocycles. The molecule has 2 aromatic carbocycles. The van der Waals surface area contributed by atoms with E-state index in [9.17, 15) is 22.4 Å². The average Bonchev–Trinajstić information content (AvgIpc) is 2.78. The van der Waals surface area contributed by atoms with Crippen molar-refractivity contribution in [3.63, 3.8) is 0 Å². The fraction of sp³-hybridized carbons (Fsp3) is 0.440. The highest BCUT2D eigenvalue weighted by molar-refractivity contribution is 7.92. The summed E-state index contributed by atoms with van der Waals surface area (Å²) >= 11 is 6.03. The number of amides is 2. The molecule has 192 valence electrons. The molecule has 35 heavy (non-hydrogen) atoms. The van der Waals surface area contributed by atoms with Crippen LogP contribution in [0.5, 0.6) is 0 Å². The second-order valence-electron chi connectivity index (χ2n) is 8.59. The van der Waals surface area contributed by atoms with Gasteiger partial charge in [-0.2, -0.15) is 0 Å². The van der Waals surface area contributed by atoms with Gasteiger partial charge in [0.05, 0.1) is 11.9 Å². The van der Waals surface area contributed by atoms with Gasteiger partial charge in [-0.25, -0.2) is 12.8 Å². The van der Waals surface area contributed by atoms with E-state index in [0.717, 1.165) is 10.6 Å². The summed E-state index contributed by atoms with van der Waals surface area (Å²) in [4.78, 5) is 28.0. The van der Waals surface area contributed by atoms with Gasteiger partial charge >= 0.3 is 0 Å². The lowest BCUT2D eigenvalue weighted by atomic mass is 10.1. The maximum absolute atomic E-state index is 13.6. The van der Waals surface area contributed by atoms with Crippen LogP contribution in [0.25, 0.3) is 0 Å². The minimum atomic E-state index is -3.84. The number of nitrogens with zero attached hydrogens (tertiary/aromatic N) is 2. The van der Waals surface area contributed by atoms with E-state index in [1.165, 1.54) is 29.2 Å². The Labute approximate surface area is 212 Å². The van der Waals surface area contributed by atoms with E-state index in [0.29, 0.717) is 34.7 Å².